The number of aromatic nitrogens is 1. The van der Waals surface area contributed by atoms with E-state index in [4.69, 9.17) is 0 Å². The van der Waals surface area contributed by atoms with Gasteiger partial charge in [0, 0.05) is 16.8 Å². The second kappa shape index (κ2) is 17.8. The minimum Gasteiger partial charge on any atom is -0.308 e. The van der Waals surface area contributed by atoms with Gasteiger partial charge in [-0.2, -0.15) is 0 Å². The Morgan fingerprint density at radius 3 is 1.05 bits per heavy atom. The van der Waals surface area contributed by atoms with Crippen molar-refractivity contribution in [2.45, 2.75) is 12.8 Å². The van der Waals surface area contributed by atoms with Gasteiger partial charge in [0.1, 0.15) is 0 Å². The van der Waals surface area contributed by atoms with Crippen LogP contribution in [0.15, 0.2) is 261 Å². The van der Waals surface area contributed by atoms with Gasteiger partial charge in [-0.3, -0.25) is 0 Å². The van der Waals surface area contributed by atoms with E-state index in [1.54, 1.807) is 0 Å². The second-order valence-electron chi connectivity index (χ2n) is 16.6. The Labute approximate surface area is 382 Å². The van der Waals surface area contributed by atoms with E-state index in [0.717, 1.165) is 24.1 Å². The second-order valence-corrected chi connectivity index (χ2v) is 16.6. The maximum Gasteiger partial charge on any atom is 0.0619 e. The van der Waals surface area contributed by atoms with Gasteiger partial charge in [-0.1, -0.05) is 243 Å². The van der Waals surface area contributed by atoms with Crippen molar-refractivity contribution in [2.75, 3.05) is 0 Å². The van der Waals surface area contributed by atoms with Crippen LogP contribution in [-0.4, -0.2) is 4.57 Å². The van der Waals surface area contributed by atoms with Crippen LogP contribution in [0.4, 0.5) is 0 Å². The lowest BCUT2D eigenvalue weighted by Crippen LogP contribution is -2.01. The van der Waals surface area contributed by atoms with E-state index in [2.05, 4.69) is 265 Å². The van der Waals surface area contributed by atoms with Crippen molar-refractivity contribution < 1.29 is 0 Å². The monoisotopic (exact) mass is 829 g/mol. The molecule has 308 valence electrons. The number of nitrogens with zero attached hydrogens (tertiary/aromatic N) is 1. The molecule has 65 heavy (non-hydrogen) atoms. The number of benzene rings is 9. The fraction of sp³-hybridized carbons (Fsp3) is 0.0312. The summed E-state index contributed by atoms with van der Waals surface area (Å²) in [5.41, 5.74) is 22.6. The number of hydrogen-bond donors (Lipinski definition) is 0. The summed E-state index contributed by atoms with van der Waals surface area (Å²) in [6, 6.07) is 88.4. The molecule has 1 heteroatoms. The normalized spacial score (nSPS) is 12.2. The summed E-state index contributed by atoms with van der Waals surface area (Å²) in [4.78, 5) is 0. The topological polar surface area (TPSA) is 4.93 Å². The van der Waals surface area contributed by atoms with Crippen LogP contribution < -0.4 is 0 Å². The molecule has 1 heterocycles. The highest BCUT2D eigenvalue weighted by Gasteiger charge is 2.29. The molecular formula is C64H47N. The van der Waals surface area contributed by atoms with Crippen molar-refractivity contribution >= 4 is 5.57 Å². The largest absolute Gasteiger partial charge is 0.308 e. The third-order valence-electron chi connectivity index (χ3n) is 12.6. The molecule has 9 aromatic carbocycles. The highest BCUT2D eigenvalue weighted by Crippen LogP contribution is 2.52. The van der Waals surface area contributed by atoms with Crippen molar-refractivity contribution in [3.05, 3.63) is 266 Å². The Kier molecular flexibility index (Phi) is 10.9. The Morgan fingerprint density at radius 2 is 0.631 bits per heavy atom. The Hall–Kier alpha value is -8.26. The maximum absolute atomic E-state index is 2.53. The third kappa shape index (κ3) is 7.58. The Balaban J connectivity index is 1.23. The molecule has 1 nitrogen and oxygen atoms in total. The summed E-state index contributed by atoms with van der Waals surface area (Å²) >= 11 is 0. The van der Waals surface area contributed by atoms with Crippen LogP contribution in [-0.2, 0) is 0 Å². The smallest absolute Gasteiger partial charge is 0.0619 e. The van der Waals surface area contributed by atoms with E-state index in [-0.39, 0.29) is 0 Å². The lowest BCUT2D eigenvalue weighted by Gasteiger charge is -2.25. The first-order valence-electron chi connectivity index (χ1n) is 22.7. The molecule has 1 aliphatic rings. The minimum absolute atomic E-state index is 1.01. The molecule has 0 fully saturated rings. The summed E-state index contributed by atoms with van der Waals surface area (Å²) < 4.78 is 2.53. The van der Waals surface area contributed by atoms with E-state index >= 15 is 0 Å². The van der Waals surface area contributed by atoms with E-state index < -0.39 is 0 Å². The molecule has 11 rings (SSSR count). The molecule has 0 atom stereocenters. The summed E-state index contributed by atoms with van der Waals surface area (Å²) in [5.74, 6) is 0. The third-order valence-corrected chi connectivity index (χ3v) is 12.6. The zero-order valence-electron chi connectivity index (χ0n) is 36.2. The van der Waals surface area contributed by atoms with Crippen LogP contribution in [0.5, 0.6) is 0 Å². The van der Waals surface area contributed by atoms with Crippen molar-refractivity contribution in [3.8, 4) is 95.0 Å². The van der Waals surface area contributed by atoms with Crippen LogP contribution in [0.2, 0.25) is 0 Å². The summed E-state index contributed by atoms with van der Waals surface area (Å²) in [5, 5.41) is 0. The lowest BCUT2D eigenvalue weighted by molar-refractivity contribution is 1.04. The molecule has 1 aromatic heterocycles. The first-order chi connectivity index (χ1) is 32.3. The van der Waals surface area contributed by atoms with Crippen LogP contribution >= 0.6 is 0 Å². The first-order valence-corrected chi connectivity index (χ1v) is 22.7. The van der Waals surface area contributed by atoms with Gasteiger partial charge in [-0.25, -0.2) is 0 Å². The van der Waals surface area contributed by atoms with E-state index in [1.807, 2.05) is 0 Å². The zero-order valence-corrected chi connectivity index (χ0v) is 36.2. The number of hydrogen-bond acceptors (Lipinski definition) is 0. The van der Waals surface area contributed by atoms with Crippen LogP contribution in [0, 0.1) is 0 Å². The molecule has 0 radical (unpaired) electrons. The van der Waals surface area contributed by atoms with Gasteiger partial charge in [0.15, 0.2) is 0 Å². The Bertz CT molecular complexity index is 3270. The molecule has 0 spiro atoms. The van der Waals surface area contributed by atoms with Gasteiger partial charge in [-0.15, -0.1) is 0 Å². The quantitative estimate of drug-likeness (QED) is 0.129. The van der Waals surface area contributed by atoms with Gasteiger partial charge < -0.3 is 4.57 Å². The fourth-order valence-corrected chi connectivity index (χ4v) is 9.78. The first kappa shape index (κ1) is 39.6. The average Bonchev–Trinajstić information content (AvgIpc) is 3.76. The van der Waals surface area contributed by atoms with Gasteiger partial charge in [0.25, 0.3) is 0 Å². The molecule has 0 saturated carbocycles. The van der Waals surface area contributed by atoms with Crippen molar-refractivity contribution in [2.24, 2.45) is 0 Å². The van der Waals surface area contributed by atoms with Crippen molar-refractivity contribution in [1.29, 1.82) is 0 Å². The van der Waals surface area contributed by atoms with Gasteiger partial charge in [0.2, 0.25) is 0 Å². The van der Waals surface area contributed by atoms with Gasteiger partial charge >= 0.3 is 0 Å². The summed E-state index contributed by atoms with van der Waals surface area (Å²) in [6.07, 6.45) is 9.15. The van der Waals surface area contributed by atoms with E-state index in [0.29, 0.717) is 0 Å². The molecule has 1 aliphatic carbocycles. The molecule has 0 N–H and O–H groups in total. The molecule has 0 amide bonds. The van der Waals surface area contributed by atoms with Gasteiger partial charge in [0.05, 0.1) is 11.4 Å². The van der Waals surface area contributed by atoms with E-state index in [1.165, 1.54) is 94.8 Å². The lowest BCUT2D eigenvalue weighted by atomic mass is 9.79. The molecule has 0 bridgehead atoms. The predicted molar refractivity (Wildman–Crippen MR) is 276 cm³/mol. The number of rotatable bonds is 10. The van der Waals surface area contributed by atoms with Crippen molar-refractivity contribution in [3.63, 3.8) is 0 Å². The minimum atomic E-state index is 1.01. The van der Waals surface area contributed by atoms with E-state index in [9.17, 15) is 0 Å². The summed E-state index contributed by atoms with van der Waals surface area (Å²) in [7, 11) is 0. The molecular weight excluding hydrogens is 783 g/mol. The molecule has 0 saturated heterocycles. The van der Waals surface area contributed by atoms with Crippen molar-refractivity contribution in [1.82, 2.24) is 4.57 Å². The number of allylic oxidation sites excluding steroid dienone is 4. The fourth-order valence-electron chi connectivity index (χ4n) is 9.78. The SMILES string of the molecule is C1=CC(c2c(-c3ccccc3)c(-c3ccccc3)n(-c3ccc(-c4c(-c5ccccc5)cc(-c5ccccc5)c(-c5ccccc5)c4-c4ccccc4)cc3)c2-c2ccccc2)=CCC1. The standard InChI is InChI=1S/C64H47N/c1-9-25-46(26-10-1)56-45-57(47-27-11-2-12-28-47)59(60(49-31-15-4-16-32-49)58(56)48-29-13-3-14-30-48)52-41-43-55(44-42-52)65-63(53-37-21-7-22-38-53)61(50-33-17-5-18-34-50)62(51-35-19-6-20-36-51)64(65)54-39-23-8-24-40-54/h1-5,7-19,21-45H,6,20H2. The van der Waals surface area contributed by atoms with Gasteiger partial charge in [-0.05, 0) is 109 Å². The molecule has 10 aromatic rings. The van der Waals surface area contributed by atoms with Crippen LogP contribution in [0.1, 0.15) is 18.4 Å². The zero-order chi connectivity index (χ0) is 43.4. The van der Waals surface area contributed by atoms with Crippen LogP contribution in [0.3, 0.4) is 0 Å². The van der Waals surface area contributed by atoms with Crippen LogP contribution in [0.25, 0.3) is 101 Å². The molecule has 0 unspecified atom stereocenters. The predicted octanol–water partition coefficient (Wildman–Crippen LogP) is 17.5. The Morgan fingerprint density at radius 1 is 0.277 bits per heavy atom. The average molecular weight is 830 g/mol. The molecule has 0 aliphatic heterocycles. The maximum atomic E-state index is 2.53. The summed E-state index contributed by atoms with van der Waals surface area (Å²) in [6.45, 7) is 0. The highest BCUT2D eigenvalue weighted by atomic mass is 15.0. The highest BCUT2D eigenvalue weighted by molar-refractivity contribution is 6.08.